The van der Waals surface area contributed by atoms with Crippen LogP contribution in [0.25, 0.3) is 0 Å². The van der Waals surface area contributed by atoms with Gasteiger partial charge in [0.1, 0.15) is 5.75 Å². The Hall–Kier alpha value is -1.02. The second kappa shape index (κ2) is 3.86. The third kappa shape index (κ3) is 2.15. The van der Waals surface area contributed by atoms with Crippen molar-refractivity contribution < 1.29 is 4.74 Å². The van der Waals surface area contributed by atoms with E-state index < -0.39 is 0 Å². The van der Waals surface area contributed by atoms with Crippen LogP contribution in [0, 0.1) is 5.92 Å². The average molecular weight is 203 g/mol. The van der Waals surface area contributed by atoms with Crippen LogP contribution in [0.1, 0.15) is 24.3 Å². The summed E-state index contributed by atoms with van der Waals surface area (Å²) >= 11 is 0. The van der Waals surface area contributed by atoms with Crippen LogP contribution in [-0.2, 0) is 0 Å². The predicted molar refractivity (Wildman–Crippen MR) is 60.3 cm³/mol. The van der Waals surface area contributed by atoms with Gasteiger partial charge in [0.2, 0.25) is 0 Å². The molecular formula is C13H17NO. The fourth-order valence-corrected chi connectivity index (χ4v) is 1.86. The summed E-state index contributed by atoms with van der Waals surface area (Å²) in [6.45, 7) is 3.16. The van der Waals surface area contributed by atoms with E-state index >= 15 is 0 Å². The molecule has 2 aliphatic rings. The quantitative estimate of drug-likeness (QED) is 0.809. The van der Waals surface area contributed by atoms with E-state index in [9.17, 15) is 0 Å². The molecule has 0 spiro atoms. The molecule has 1 aliphatic heterocycles. The maximum atomic E-state index is 5.70. The summed E-state index contributed by atoms with van der Waals surface area (Å²) in [5.41, 5.74) is 1.44. The molecule has 80 valence electrons. The summed E-state index contributed by atoms with van der Waals surface area (Å²) in [6.07, 6.45) is 2.71. The Morgan fingerprint density at radius 1 is 1.13 bits per heavy atom. The zero-order valence-electron chi connectivity index (χ0n) is 8.91. The molecule has 1 N–H and O–H groups in total. The predicted octanol–water partition coefficient (Wildman–Crippen LogP) is 2.16. The van der Waals surface area contributed by atoms with Crippen LogP contribution in [0.15, 0.2) is 24.3 Å². The Balaban J connectivity index is 1.59. The lowest BCUT2D eigenvalue weighted by atomic mass is 9.94. The molecule has 0 aromatic heterocycles. The molecule has 0 amide bonds. The highest BCUT2D eigenvalue weighted by Gasteiger charge is 2.22. The highest BCUT2D eigenvalue weighted by atomic mass is 16.5. The number of benzene rings is 1. The van der Waals surface area contributed by atoms with E-state index in [1.807, 2.05) is 0 Å². The minimum Gasteiger partial charge on any atom is -0.493 e. The van der Waals surface area contributed by atoms with Crippen LogP contribution in [0.2, 0.25) is 0 Å². The lowest BCUT2D eigenvalue weighted by Crippen LogP contribution is -2.39. The molecule has 1 heterocycles. The Morgan fingerprint density at radius 2 is 1.87 bits per heavy atom. The van der Waals surface area contributed by atoms with Gasteiger partial charge in [0.25, 0.3) is 0 Å². The minimum atomic E-state index is 0.725. The van der Waals surface area contributed by atoms with Crippen LogP contribution in [0.4, 0.5) is 0 Å². The lowest BCUT2D eigenvalue weighted by molar-refractivity contribution is 0.299. The van der Waals surface area contributed by atoms with Gasteiger partial charge < -0.3 is 10.1 Å². The first-order valence-corrected chi connectivity index (χ1v) is 5.85. The van der Waals surface area contributed by atoms with E-state index in [4.69, 9.17) is 4.74 Å². The summed E-state index contributed by atoms with van der Waals surface area (Å²) in [7, 11) is 0. The molecule has 0 atom stereocenters. The second-order valence-electron chi connectivity index (χ2n) is 4.68. The summed E-state index contributed by atoms with van der Waals surface area (Å²) in [4.78, 5) is 0. The van der Waals surface area contributed by atoms with Gasteiger partial charge in [-0.3, -0.25) is 0 Å². The first-order chi connectivity index (χ1) is 7.42. The largest absolute Gasteiger partial charge is 0.493 e. The molecule has 1 aromatic rings. The van der Waals surface area contributed by atoms with Gasteiger partial charge in [0.05, 0.1) is 6.61 Å². The fraction of sp³-hybridized carbons (Fsp3) is 0.538. The van der Waals surface area contributed by atoms with Gasteiger partial charge >= 0.3 is 0 Å². The number of hydrogen-bond donors (Lipinski definition) is 1. The number of rotatable bonds is 4. The highest BCUT2D eigenvalue weighted by molar-refractivity contribution is 5.30. The van der Waals surface area contributed by atoms with Crippen molar-refractivity contribution in [2.45, 2.75) is 18.8 Å². The molecule has 0 bridgehead atoms. The van der Waals surface area contributed by atoms with Gasteiger partial charge in [-0.25, -0.2) is 0 Å². The molecule has 1 aliphatic carbocycles. The van der Waals surface area contributed by atoms with Crippen molar-refractivity contribution in [2.24, 2.45) is 5.92 Å². The summed E-state index contributed by atoms with van der Waals surface area (Å²) in [5, 5.41) is 3.29. The maximum Gasteiger partial charge on any atom is 0.119 e. The van der Waals surface area contributed by atoms with Gasteiger partial charge in [-0.15, -0.1) is 0 Å². The Morgan fingerprint density at radius 3 is 2.40 bits per heavy atom. The Bertz CT molecular complexity index is 325. The van der Waals surface area contributed by atoms with Crippen molar-refractivity contribution in [3.63, 3.8) is 0 Å². The van der Waals surface area contributed by atoms with E-state index in [2.05, 4.69) is 29.6 Å². The third-order valence-corrected chi connectivity index (χ3v) is 3.32. The van der Waals surface area contributed by atoms with E-state index in [-0.39, 0.29) is 0 Å². The van der Waals surface area contributed by atoms with Gasteiger partial charge in [-0.1, -0.05) is 12.1 Å². The highest BCUT2D eigenvalue weighted by Crippen LogP contribution is 2.30. The SMILES string of the molecule is c1cc(C2CNC2)ccc1OCC1CC1. The maximum absolute atomic E-state index is 5.70. The number of hydrogen-bond acceptors (Lipinski definition) is 2. The van der Waals surface area contributed by atoms with Gasteiger partial charge in [-0.2, -0.15) is 0 Å². The smallest absolute Gasteiger partial charge is 0.119 e. The van der Waals surface area contributed by atoms with Crippen LogP contribution in [0.5, 0.6) is 5.75 Å². The van der Waals surface area contributed by atoms with Crippen molar-refractivity contribution in [1.29, 1.82) is 0 Å². The van der Waals surface area contributed by atoms with Crippen LogP contribution >= 0.6 is 0 Å². The van der Waals surface area contributed by atoms with Gasteiger partial charge in [-0.05, 0) is 36.5 Å². The normalized spacial score (nSPS) is 21.1. The first-order valence-electron chi connectivity index (χ1n) is 5.85. The molecule has 2 heteroatoms. The number of nitrogens with one attached hydrogen (secondary N) is 1. The zero-order chi connectivity index (χ0) is 10.1. The van der Waals surface area contributed by atoms with Gasteiger partial charge in [0.15, 0.2) is 0 Å². The van der Waals surface area contributed by atoms with Crippen molar-refractivity contribution in [3.8, 4) is 5.75 Å². The monoisotopic (exact) mass is 203 g/mol. The van der Waals surface area contributed by atoms with Crippen LogP contribution in [0.3, 0.4) is 0 Å². The van der Waals surface area contributed by atoms with Crippen LogP contribution < -0.4 is 10.1 Å². The first kappa shape index (κ1) is 9.22. The van der Waals surface area contributed by atoms with E-state index in [0.717, 1.165) is 37.3 Å². The Labute approximate surface area is 90.6 Å². The number of ether oxygens (including phenoxy) is 1. The molecule has 0 unspecified atom stereocenters. The topological polar surface area (TPSA) is 21.3 Å². The van der Waals surface area contributed by atoms with Crippen LogP contribution in [-0.4, -0.2) is 19.7 Å². The molecule has 15 heavy (non-hydrogen) atoms. The van der Waals surface area contributed by atoms with Crippen molar-refractivity contribution in [1.82, 2.24) is 5.32 Å². The lowest BCUT2D eigenvalue weighted by Gasteiger charge is -2.27. The van der Waals surface area contributed by atoms with E-state index in [0.29, 0.717) is 0 Å². The van der Waals surface area contributed by atoms with E-state index in [1.54, 1.807) is 0 Å². The van der Waals surface area contributed by atoms with Crippen molar-refractivity contribution >= 4 is 0 Å². The molecule has 1 aromatic carbocycles. The molecule has 3 rings (SSSR count). The fourth-order valence-electron chi connectivity index (χ4n) is 1.86. The van der Waals surface area contributed by atoms with E-state index in [1.165, 1.54) is 18.4 Å². The standard InChI is InChI=1S/C13H17NO/c1-2-10(1)9-15-13-5-3-11(4-6-13)12-7-14-8-12/h3-6,10,12,14H,1-2,7-9H2. The molecule has 0 radical (unpaired) electrons. The molecular weight excluding hydrogens is 186 g/mol. The Kier molecular flexibility index (Phi) is 2.37. The summed E-state index contributed by atoms with van der Waals surface area (Å²) in [6, 6.07) is 8.62. The second-order valence-corrected chi connectivity index (χ2v) is 4.68. The third-order valence-electron chi connectivity index (χ3n) is 3.32. The van der Waals surface area contributed by atoms with Crippen molar-refractivity contribution in [2.75, 3.05) is 19.7 Å². The van der Waals surface area contributed by atoms with Gasteiger partial charge in [0, 0.05) is 19.0 Å². The molecule has 2 nitrogen and oxygen atoms in total. The zero-order valence-corrected chi connectivity index (χ0v) is 8.91. The molecule has 1 saturated heterocycles. The minimum absolute atomic E-state index is 0.725. The molecule has 2 fully saturated rings. The van der Waals surface area contributed by atoms with Crippen molar-refractivity contribution in [3.05, 3.63) is 29.8 Å². The average Bonchev–Trinajstić information content (AvgIpc) is 2.98. The molecule has 1 saturated carbocycles. The summed E-state index contributed by atoms with van der Waals surface area (Å²) < 4.78 is 5.70. The summed E-state index contributed by atoms with van der Waals surface area (Å²) in [5.74, 6) is 2.58.